The Kier molecular flexibility index (Phi) is 8.06. The third-order valence-corrected chi connectivity index (χ3v) is 8.82. The largest absolute Gasteiger partial charge is 0.406 e. The van der Waals surface area contributed by atoms with Gasteiger partial charge in [0.2, 0.25) is 5.91 Å². The van der Waals surface area contributed by atoms with Gasteiger partial charge in [0.05, 0.1) is 22.5 Å². The van der Waals surface area contributed by atoms with Crippen molar-refractivity contribution in [2.45, 2.75) is 58.5 Å². The Hall–Kier alpha value is -2.80. The van der Waals surface area contributed by atoms with Crippen LogP contribution in [0.25, 0.3) is 21.5 Å². The molecule has 4 heterocycles. The lowest BCUT2D eigenvalue weighted by molar-refractivity contribution is -0.149. The highest BCUT2D eigenvalue weighted by Crippen LogP contribution is 2.38. The predicted octanol–water partition coefficient (Wildman–Crippen LogP) is 5.22. The van der Waals surface area contributed by atoms with Gasteiger partial charge in [-0.2, -0.15) is 13.2 Å². The number of fused-ring (bicyclic) bond motifs is 1. The van der Waals surface area contributed by atoms with E-state index in [-0.39, 0.29) is 19.5 Å². The van der Waals surface area contributed by atoms with Gasteiger partial charge in [-0.05, 0) is 50.1 Å². The Labute approximate surface area is 239 Å². The van der Waals surface area contributed by atoms with Crippen LogP contribution in [0, 0.1) is 6.92 Å². The highest BCUT2D eigenvalue weighted by molar-refractivity contribution is 7.19. The molecule has 2 saturated heterocycles. The monoisotopic (exact) mass is 594 g/mol. The number of alkyl halides is 3. The highest BCUT2D eigenvalue weighted by Gasteiger charge is 2.39. The topological polar surface area (TPSA) is 81.7 Å². The average Bonchev–Trinajstić information content (AvgIpc) is 3.29. The number of nitrogens with one attached hydrogen (secondary N) is 1. The van der Waals surface area contributed by atoms with Crippen LogP contribution in [-0.4, -0.2) is 81.0 Å². The summed E-state index contributed by atoms with van der Waals surface area (Å²) >= 11 is 7.84. The Morgan fingerprint density at radius 1 is 1.10 bits per heavy atom. The maximum atomic E-state index is 13.0. The van der Waals surface area contributed by atoms with E-state index >= 15 is 0 Å². The summed E-state index contributed by atoms with van der Waals surface area (Å²) in [7, 11) is 0. The number of aryl methyl sites for hydroxylation is 1. The molecule has 0 unspecified atom stereocenters. The summed E-state index contributed by atoms with van der Waals surface area (Å²) in [6.07, 6.45) is -3.24. The second-order valence-corrected chi connectivity index (χ2v) is 12.0. The molecular formula is C27H30ClF3N6O2S. The molecule has 1 aromatic carbocycles. The van der Waals surface area contributed by atoms with Crippen molar-refractivity contribution in [3.05, 3.63) is 45.6 Å². The first-order chi connectivity index (χ1) is 18.9. The van der Waals surface area contributed by atoms with E-state index < -0.39 is 24.7 Å². The molecule has 0 bridgehead atoms. The smallest absolute Gasteiger partial charge is 0.315 e. The average molecular weight is 595 g/mol. The molecule has 5 rings (SSSR count). The zero-order valence-electron chi connectivity index (χ0n) is 22.4. The Morgan fingerprint density at radius 3 is 2.52 bits per heavy atom. The number of amides is 3. The molecular weight excluding hydrogens is 565 g/mol. The summed E-state index contributed by atoms with van der Waals surface area (Å²) in [6.45, 7) is 7.14. The van der Waals surface area contributed by atoms with Crippen molar-refractivity contribution in [1.82, 2.24) is 30.0 Å². The summed E-state index contributed by atoms with van der Waals surface area (Å²) in [5.74, 6) is -0.501. The summed E-state index contributed by atoms with van der Waals surface area (Å²) in [5.41, 5.74) is 4.33. The number of benzene rings is 1. The van der Waals surface area contributed by atoms with Gasteiger partial charge < -0.3 is 10.2 Å². The molecule has 3 aromatic rings. The van der Waals surface area contributed by atoms with Crippen LogP contribution in [0.5, 0.6) is 0 Å². The maximum Gasteiger partial charge on any atom is 0.406 e. The van der Waals surface area contributed by atoms with E-state index in [1.807, 2.05) is 19.1 Å². The Morgan fingerprint density at radius 2 is 1.82 bits per heavy atom. The fraction of sp³-hybridized carbons (Fsp3) is 0.481. The van der Waals surface area contributed by atoms with Crippen molar-refractivity contribution in [3.63, 3.8) is 0 Å². The van der Waals surface area contributed by atoms with Gasteiger partial charge in [-0.1, -0.05) is 11.6 Å². The van der Waals surface area contributed by atoms with Gasteiger partial charge in [-0.3, -0.25) is 14.6 Å². The fourth-order valence-corrected chi connectivity index (χ4v) is 6.82. The van der Waals surface area contributed by atoms with Crippen molar-refractivity contribution in [2.75, 3.05) is 26.2 Å². The van der Waals surface area contributed by atoms with Crippen molar-refractivity contribution >= 4 is 45.1 Å². The van der Waals surface area contributed by atoms with E-state index in [2.05, 4.69) is 34.0 Å². The van der Waals surface area contributed by atoms with E-state index in [9.17, 15) is 22.8 Å². The summed E-state index contributed by atoms with van der Waals surface area (Å²) < 4.78 is 39.6. The third-order valence-electron chi connectivity index (χ3n) is 7.49. The molecule has 2 aromatic heterocycles. The van der Waals surface area contributed by atoms with E-state index in [1.54, 1.807) is 6.07 Å². The van der Waals surface area contributed by atoms with Crippen LogP contribution < -0.4 is 5.32 Å². The summed E-state index contributed by atoms with van der Waals surface area (Å²) in [6, 6.07) is 5.32. The van der Waals surface area contributed by atoms with Crippen LogP contribution in [0.3, 0.4) is 0 Å². The van der Waals surface area contributed by atoms with Gasteiger partial charge in [-0.15, -0.1) is 11.3 Å². The quantitative estimate of drug-likeness (QED) is 0.422. The molecule has 0 saturated carbocycles. The lowest BCUT2D eigenvalue weighted by Gasteiger charge is -2.40. The number of nitrogens with zero attached hydrogens (tertiary/aromatic N) is 5. The summed E-state index contributed by atoms with van der Waals surface area (Å²) in [5, 5.41) is 4.04. The molecule has 2 aliphatic heterocycles. The van der Waals surface area contributed by atoms with E-state index in [4.69, 9.17) is 11.6 Å². The number of hydrogen-bond donors (Lipinski definition) is 1. The normalized spacial score (nSPS) is 21.1. The molecule has 2 atom stereocenters. The molecule has 8 nitrogen and oxygen atoms in total. The number of rotatable bonds is 6. The van der Waals surface area contributed by atoms with E-state index in [0.717, 1.165) is 39.4 Å². The lowest BCUT2D eigenvalue weighted by Crippen LogP contribution is -2.54. The minimum absolute atomic E-state index is 0.135. The lowest BCUT2D eigenvalue weighted by atomic mass is 9.96. The van der Waals surface area contributed by atoms with Crippen molar-refractivity contribution in [3.8, 4) is 11.3 Å². The molecule has 3 amide bonds. The zero-order valence-corrected chi connectivity index (χ0v) is 24.0. The molecule has 0 spiro atoms. The number of hydrogen-bond acceptors (Lipinski definition) is 7. The standard InChI is InChI=1S/C27H30ClF3N6O2S/c1-15-6-18(28)7-20(21(15)12-36-16(2)9-32-10-17(36)3)24-25-22(33-14-34-24)8-19(40-25)11-37-23(38)4-5-35(26(37)39)13-27(29,30)31/h6-8,14,16-17,32H,4-5,9-13H2,1-3H3/t16-,17-/m1/s1. The zero-order chi connectivity index (χ0) is 28.8. The SMILES string of the molecule is Cc1cc(Cl)cc(-c2ncnc3cc(CN4C(=O)CCN(CC(F)(F)F)C4=O)sc23)c1CN1[C@H](C)CNC[C@H]1C. The van der Waals surface area contributed by atoms with Crippen molar-refractivity contribution < 1.29 is 22.8 Å². The number of aromatic nitrogens is 2. The molecule has 0 aliphatic carbocycles. The molecule has 2 fully saturated rings. The molecule has 1 N–H and O–H groups in total. The highest BCUT2D eigenvalue weighted by atomic mass is 35.5. The predicted molar refractivity (Wildman–Crippen MR) is 148 cm³/mol. The van der Waals surface area contributed by atoms with Gasteiger partial charge in [0.15, 0.2) is 0 Å². The van der Waals surface area contributed by atoms with Crippen LogP contribution in [0.2, 0.25) is 5.02 Å². The molecule has 2 aliphatic rings. The molecule has 40 heavy (non-hydrogen) atoms. The number of carbonyl (C=O) groups excluding carboxylic acids is 2. The first kappa shape index (κ1) is 28.7. The van der Waals surface area contributed by atoms with Gasteiger partial charge in [0.1, 0.15) is 12.9 Å². The van der Waals surface area contributed by atoms with Crippen LogP contribution in [0.4, 0.5) is 18.0 Å². The fourth-order valence-electron chi connectivity index (χ4n) is 5.45. The van der Waals surface area contributed by atoms with Crippen LogP contribution in [0.1, 0.15) is 36.3 Å². The number of piperazine rings is 1. The van der Waals surface area contributed by atoms with Crippen LogP contribution >= 0.6 is 22.9 Å². The summed E-state index contributed by atoms with van der Waals surface area (Å²) in [4.78, 5) is 38.9. The Bertz CT molecular complexity index is 1440. The van der Waals surface area contributed by atoms with Crippen LogP contribution in [0.15, 0.2) is 24.5 Å². The molecule has 0 radical (unpaired) electrons. The molecule has 13 heteroatoms. The van der Waals surface area contributed by atoms with Gasteiger partial charge in [0.25, 0.3) is 0 Å². The number of imide groups is 1. The minimum Gasteiger partial charge on any atom is -0.315 e. The van der Waals surface area contributed by atoms with E-state index in [0.29, 0.717) is 44.6 Å². The Balaban J connectivity index is 1.49. The van der Waals surface area contributed by atoms with Gasteiger partial charge in [-0.25, -0.2) is 14.8 Å². The number of carbonyl (C=O) groups is 2. The van der Waals surface area contributed by atoms with Crippen LogP contribution in [-0.2, 0) is 17.9 Å². The minimum atomic E-state index is -4.54. The second kappa shape index (κ2) is 11.2. The third kappa shape index (κ3) is 5.95. The second-order valence-electron chi connectivity index (χ2n) is 10.5. The van der Waals surface area contributed by atoms with Gasteiger partial charge >= 0.3 is 12.2 Å². The number of thiophene rings is 1. The first-order valence-corrected chi connectivity index (χ1v) is 14.3. The maximum absolute atomic E-state index is 13.0. The number of urea groups is 1. The van der Waals surface area contributed by atoms with E-state index in [1.165, 1.54) is 17.7 Å². The van der Waals surface area contributed by atoms with Crippen molar-refractivity contribution in [2.24, 2.45) is 0 Å². The number of halogens is 4. The molecule has 214 valence electrons. The van der Waals surface area contributed by atoms with Crippen molar-refractivity contribution in [1.29, 1.82) is 0 Å². The van der Waals surface area contributed by atoms with Gasteiger partial charge in [0, 0.05) is 60.1 Å². The first-order valence-electron chi connectivity index (χ1n) is 13.1.